The monoisotopic (exact) mass is 526 g/mol. The summed E-state index contributed by atoms with van der Waals surface area (Å²) in [4.78, 5) is 16.6. The van der Waals surface area contributed by atoms with Crippen molar-refractivity contribution in [1.82, 2.24) is 16.0 Å². The Labute approximate surface area is 195 Å². The van der Waals surface area contributed by atoms with Crippen molar-refractivity contribution in [3.05, 3.63) is 59.7 Å². The lowest BCUT2D eigenvalue weighted by atomic mass is 10.1. The number of carbonyl (C=O) groups excluding carboxylic acids is 1. The maximum Gasteiger partial charge on any atom is 0.251 e. The molecule has 0 heterocycles. The first-order valence-electron chi connectivity index (χ1n) is 9.74. The summed E-state index contributed by atoms with van der Waals surface area (Å²) in [5.41, 5.74) is 1.78. The highest BCUT2D eigenvalue weighted by atomic mass is 127. The van der Waals surface area contributed by atoms with Gasteiger partial charge in [-0.05, 0) is 43.2 Å². The van der Waals surface area contributed by atoms with E-state index in [4.69, 9.17) is 9.47 Å². The molecule has 0 bridgehead atoms. The van der Waals surface area contributed by atoms with Crippen LogP contribution in [0.25, 0.3) is 0 Å². The SMILES string of the molecule is CCNC(=NCCc1ccc(OC)c(OC)c1)NCCNC(=O)c1ccccc1.I. The predicted molar refractivity (Wildman–Crippen MR) is 131 cm³/mol. The number of carbonyl (C=O) groups is 1. The molecule has 2 aromatic rings. The Balaban J connectivity index is 0.00000450. The van der Waals surface area contributed by atoms with Crippen molar-refractivity contribution in [3.63, 3.8) is 0 Å². The molecule has 164 valence electrons. The molecule has 8 heteroatoms. The summed E-state index contributed by atoms with van der Waals surface area (Å²) in [5, 5.41) is 9.34. The molecule has 0 unspecified atom stereocenters. The van der Waals surface area contributed by atoms with Gasteiger partial charge < -0.3 is 25.4 Å². The van der Waals surface area contributed by atoms with E-state index in [2.05, 4.69) is 20.9 Å². The Kier molecular flexibility index (Phi) is 12.3. The second kappa shape index (κ2) is 14.5. The summed E-state index contributed by atoms with van der Waals surface area (Å²) in [6.07, 6.45) is 0.779. The average Bonchev–Trinajstić information content (AvgIpc) is 2.76. The van der Waals surface area contributed by atoms with E-state index < -0.39 is 0 Å². The van der Waals surface area contributed by atoms with Gasteiger partial charge in [0, 0.05) is 31.7 Å². The van der Waals surface area contributed by atoms with Gasteiger partial charge >= 0.3 is 0 Å². The van der Waals surface area contributed by atoms with Gasteiger partial charge in [0.1, 0.15) is 0 Å². The van der Waals surface area contributed by atoms with Crippen LogP contribution in [-0.4, -0.2) is 52.3 Å². The minimum atomic E-state index is -0.0807. The molecule has 1 amide bonds. The van der Waals surface area contributed by atoms with Crippen LogP contribution in [0.15, 0.2) is 53.5 Å². The van der Waals surface area contributed by atoms with Crippen LogP contribution in [0.3, 0.4) is 0 Å². The highest BCUT2D eigenvalue weighted by Gasteiger charge is 2.05. The Morgan fingerprint density at radius 2 is 1.63 bits per heavy atom. The molecular formula is C22H31IN4O3. The molecule has 2 aromatic carbocycles. The number of nitrogens with zero attached hydrogens (tertiary/aromatic N) is 1. The summed E-state index contributed by atoms with van der Waals surface area (Å²) in [6, 6.07) is 15.0. The van der Waals surface area contributed by atoms with Crippen molar-refractivity contribution in [3.8, 4) is 11.5 Å². The summed E-state index contributed by atoms with van der Waals surface area (Å²) < 4.78 is 10.6. The Bertz CT molecular complexity index is 800. The number of guanidine groups is 1. The van der Waals surface area contributed by atoms with Crippen molar-refractivity contribution >= 4 is 35.8 Å². The molecule has 0 saturated carbocycles. The van der Waals surface area contributed by atoms with Crippen LogP contribution < -0.4 is 25.4 Å². The number of ether oxygens (including phenoxy) is 2. The van der Waals surface area contributed by atoms with Gasteiger partial charge in [0.25, 0.3) is 5.91 Å². The molecule has 0 atom stereocenters. The molecule has 3 N–H and O–H groups in total. The van der Waals surface area contributed by atoms with E-state index in [1.54, 1.807) is 26.4 Å². The third kappa shape index (κ3) is 8.48. The van der Waals surface area contributed by atoms with Crippen LogP contribution in [0.2, 0.25) is 0 Å². The van der Waals surface area contributed by atoms with E-state index in [0.717, 1.165) is 24.5 Å². The molecule has 30 heavy (non-hydrogen) atoms. The average molecular weight is 526 g/mol. The fourth-order valence-electron chi connectivity index (χ4n) is 2.72. The van der Waals surface area contributed by atoms with Crippen molar-refractivity contribution in [1.29, 1.82) is 0 Å². The van der Waals surface area contributed by atoms with Gasteiger partial charge in [-0.25, -0.2) is 0 Å². The van der Waals surface area contributed by atoms with Gasteiger partial charge in [-0.1, -0.05) is 24.3 Å². The zero-order chi connectivity index (χ0) is 20.9. The van der Waals surface area contributed by atoms with E-state index in [1.807, 2.05) is 43.3 Å². The number of benzene rings is 2. The van der Waals surface area contributed by atoms with Crippen LogP contribution >= 0.6 is 24.0 Å². The second-order valence-corrected chi connectivity index (χ2v) is 6.25. The van der Waals surface area contributed by atoms with Gasteiger partial charge in [0.15, 0.2) is 17.5 Å². The van der Waals surface area contributed by atoms with E-state index in [-0.39, 0.29) is 29.9 Å². The van der Waals surface area contributed by atoms with Gasteiger partial charge in [0.2, 0.25) is 0 Å². The van der Waals surface area contributed by atoms with Crippen molar-refractivity contribution < 1.29 is 14.3 Å². The zero-order valence-corrected chi connectivity index (χ0v) is 20.1. The number of rotatable bonds is 10. The molecule has 0 aromatic heterocycles. The van der Waals surface area contributed by atoms with Crippen LogP contribution in [0.5, 0.6) is 11.5 Å². The summed E-state index contributed by atoms with van der Waals surface area (Å²) in [7, 11) is 3.25. The third-order valence-electron chi connectivity index (χ3n) is 4.20. The Hall–Kier alpha value is -2.49. The number of hydrogen-bond donors (Lipinski definition) is 3. The molecule has 0 spiro atoms. The molecule has 0 fully saturated rings. The highest BCUT2D eigenvalue weighted by molar-refractivity contribution is 14.0. The second-order valence-electron chi connectivity index (χ2n) is 6.25. The zero-order valence-electron chi connectivity index (χ0n) is 17.7. The maximum absolute atomic E-state index is 12.0. The standard InChI is InChI=1S/C22H30N4O3.HI/c1-4-23-22(26-15-14-24-21(27)18-8-6-5-7-9-18)25-13-12-17-10-11-19(28-2)20(16-17)29-3;/h5-11,16H,4,12-15H2,1-3H3,(H,24,27)(H2,23,25,26);1H. The van der Waals surface area contributed by atoms with Crippen molar-refractivity contribution in [2.45, 2.75) is 13.3 Å². The lowest BCUT2D eigenvalue weighted by Crippen LogP contribution is -2.41. The number of halogens is 1. The van der Waals surface area contributed by atoms with E-state index in [0.29, 0.717) is 36.7 Å². The normalized spacial score (nSPS) is 10.6. The summed E-state index contributed by atoms with van der Waals surface area (Å²) in [5.74, 6) is 2.07. The number of nitrogens with one attached hydrogen (secondary N) is 3. The third-order valence-corrected chi connectivity index (χ3v) is 4.20. The van der Waals surface area contributed by atoms with Crippen molar-refractivity contribution in [2.24, 2.45) is 4.99 Å². The highest BCUT2D eigenvalue weighted by Crippen LogP contribution is 2.27. The summed E-state index contributed by atoms with van der Waals surface area (Å²) in [6.45, 7) is 4.50. The lowest BCUT2D eigenvalue weighted by molar-refractivity contribution is 0.0954. The quantitative estimate of drug-likeness (QED) is 0.192. The topological polar surface area (TPSA) is 84.0 Å². The van der Waals surface area contributed by atoms with E-state index in [1.165, 1.54) is 0 Å². The largest absolute Gasteiger partial charge is 0.493 e. The molecule has 0 aliphatic rings. The molecule has 2 rings (SSSR count). The van der Waals surface area contributed by atoms with Crippen molar-refractivity contribution in [2.75, 3.05) is 40.4 Å². The molecule has 0 aliphatic heterocycles. The predicted octanol–water partition coefficient (Wildman–Crippen LogP) is 2.85. The number of methoxy groups -OCH3 is 2. The van der Waals surface area contributed by atoms with E-state index in [9.17, 15) is 4.79 Å². The minimum absolute atomic E-state index is 0. The van der Waals surface area contributed by atoms with Crippen LogP contribution in [0, 0.1) is 0 Å². The van der Waals surface area contributed by atoms with Crippen LogP contribution in [0.4, 0.5) is 0 Å². The summed E-state index contributed by atoms with van der Waals surface area (Å²) >= 11 is 0. The number of amides is 1. The van der Waals surface area contributed by atoms with Crippen LogP contribution in [0.1, 0.15) is 22.8 Å². The number of hydrogen-bond acceptors (Lipinski definition) is 4. The van der Waals surface area contributed by atoms with E-state index >= 15 is 0 Å². The fraction of sp³-hybridized carbons (Fsp3) is 0.364. The maximum atomic E-state index is 12.0. The first-order chi connectivity index (χ1) is 14.2. The Morgan fingerprint density at radius 1 is 0.933 bits per heavy atom. The fourth-order valence-corrected chi connectivity index (χ4v) is 2.72. The van der Waals surface area contributed by atoms with Gasteiger partial charge in [-0.2, -0.15) is 0 Å². The first-order valence-corrected chi connectivity index (χ1v) is 9.74. The van der Waals surface area contributed by atoms with Crippen LogP contribution in [-0.2, 0) is 6.42 Å². The first kappa shape index (κ1) is 25.5. The molecule has 0 saturated heterocycles. The van der Waals surface area contributed by atoms with Gasteiger partial charge in [0.05, 0.1) is 14.2 Å². The molecule has 7 nitrogen and oxygen atoms in total. The van der Waals surface area contributed by atoms with Gasteiger partial charge in [-0.15, -0.1) is 24.0 Å². The lowest BCUT2D eigenvalue weighted by Gasteiger charge is -2.12. The molecule has 0 radical (unpaired) electrons. The minimum Gasteiger partial charge on any atom is -0.493 e. The Morgan fingerprint density at radius 3 is 2.30 bits per heavy atom. The molecule has 0 aliphatic carbocycles. The smallest absolute Gasteiger partial charge is 0.251 e. The van der Waals surface area contributed by atoms with Gasteiger partial charge in [-0.3, -0.25) is 9.79 Å². The molecular weight excluding hydrogens is 495 g/mol. The number of aliphatic imine (C=N–C) groups is 1.